The molecule has 4 heterocycles. The molecule has 7 nitrogen and oxygen atoms in total. The fourth-order valence-corrected chi connectivity index (χ4v) is 3.55. The smallest absolute Gasteiger partial charge is 0.280 e. The van der Waals surface area contributed by atoms with Crippen molar-refractivity contribution >= 4 is 17.3 Å². The number of aromatic nitrogens is 3. The number of carbonyl (C=O) groups excluding carboxylic acids is 2. The van der Waals surface area contributed by atoms with E-state index >= 15 is 0 Å². The molecule has 0 radical (unpaired) electrons. The first-order valence-corrected chi connectivity index (χ1v) is 8.96. The molecule has 4 rings (SSSR count). The van der Waals surface area contributed by atoms with Crippen LogP contribution in [0.25, 0.3) is 5.65 Å². The predicted molar refractivity (Wildman–Crippen MR) is 94.3 cm³/mol. The zero-order chi connectivity index (χ0) is 19.8. The lowest BCUT2D eigenvalue weighted by Gasteiger charge is -2.30. The van der Waals surface area contributed by atoms with Crippen molar-refractivity contribution < 1.29 is 22.8 Å². The third kappa shape index (κ3) is 3.17. The Balaban J connectivity index is 1.52. The number of halogens is 2. The monoisotopic (exact) mass is 388 g/mol. The fourth-order valence-electron chi connectivity index (χ4n) is 3.55. The van der Waals surface area contributed by atoms with Gasteiger partial charge in [0, 0.05) is 24.7 Å². The Morgan fingerprint density at radius 1 is 1.29 bits per heavy atom. The van der Waals surface area contributed by atoms with Gasteiger partial charge in [0.15, 0.2) is 11.4 Å². The topological polar surface area (TPSA) is 80.7 Å². The molecule has 0 bridgehead atoms. The van der Waals surface area contributed by atoms with Crippen LogP contribution in [-0.2, 0) is 0 Å². The molecule has 0 unspecified atom stereocenters. The Morgan fingerprint density at radius 2 is 2.04 bits per heavy atom. The summed E-state index contributed by atoms with van der Waals surface area (Å²) in [6.07, 6.45) is 1.03. The molecule has 1 aliphatic rings. The van der Waals surface area contributed by atoms with Gasteiger partial charge in [0.1, 0.15) is 11.3 Å². The molecule has 1 saturated heterocycles. The molecular weight excluding hydrogens is 370 g/mol. The number of hydrogen-bond acceptors (Lipinski definition) is 5. The summed E-state index contributed by atoms with van der Waals surface area (Å²) in [5.41, 5.74) is 0.389. The van der Waals surface area contributed by atoms with E-state index in [0.29, 0.717) is 37.4 Å². The van der Waals surface area contributed by atoms with E-state index in [4.69, 9.17) is 4.42 Å². The van der Waals surface area contributed by atoms with E-state index in [2.05, 4.69) is 10.1 Å². The number of nitrogens with zero attached hydrogens (tertiary/aromatic N) is 4. The minimum Gasteiger partial charge on any atom is -0.461 e. The van der Waals surface area contributed by atoms with Crippen LogP contribution in [0.2, 0.25) is 0 Å². The largest absolute Gasteiger partial charge is 0.461 e. The first-order chi connectivity index (χ1) is 13.5. The Hall–Kier alpha value is -3.10. The average Bonchev–Trinajstić information content (AvgIpc) is 3.36. The molecule has 0 spiro atoms. The van der Waals surface area contributed by atoms with Crippen molar-refractivity contribution in [2.75, 3.05) is 13.1 Å². The number of aryl methyl sites for hydroxylation is 1. The van der Waals surface area contributed by atoms with E-state index in [-0.39, 0.29) is 34.5 Å². The van der Waals surface area contributed by atoms with E-state index in [0.717, 1.165) is 4.52 Å². The van der Waals surface area contributed by atoms with Crippen molar-refractivity contribution in [2.45, 2.75) is 26.2 Å². The van der Waals surface area contributed by atoms with Crippen molar-refractivity contribution in [2.24, 2.45) is 5.92 Å². The summed E-state index contributed by atoms with van der Waals surface area (Å²) in [4.78, 5) is 31.1. The second-order valence-electron chi connectivity index (χ2n) is 6.82. The van der Waals surface area contributed by atoms with Gasteiger partial charge in [-0.05, 0) is 38.0 Å². The van der Waals surface area contributed by atoms with Crippen molar-refractivity contribution in [3.05, 3.63) is 53.4 Å². The Kier molecular flexibility index (Phi) is 4.66. The number of ketones is 1. The predicted octanol–water partition coefficient (Wildman–Crippen LogP) is 3.30. The molecule has 0 N–H and O–H groups in total. The summed E-state index contributed by atoms with van der Waals surface area (Å²) in [6.45, 7) is 2.38. The average molecular weight is 388 g/mol. The molecule has 28 heavy (non-hydrogen) atoms. The molecule has 1 fully saturated rings. The molecule has 0 saturated carbocycles. The Labute approximate surface area is 159 Å². The van der Waals surface area contributed by atoms with Crippen LogP contribution in [0.1, 0.15) is 51.6 Å². The van der Waals surface area contributed by atoms with E-state index < -0.39 is 6.43 Å². The molecule has 0 atom stereocenters. The second-order valence-corrected chi connectivity index (χ2v) is 6.82. The number of piperidine rings is 1. The van der Waals surface area contributed by atoms with Crippen molar-refractivity contribution in [3.63, 3.8) is 0 Å². The number of amides is 1. The number of hydrogen-bond donors (Lipinski definition) is 0. The summed E-state index contributed by atoms with van der Waals surface area (Å²) in [7, 11) is 0. The highest BCUT2D eigenvalue weighted by Gasteiger charge is 2.31. The summed E-state index contributed by atoms with van der Waals surface area (Å²) in [5, 5.41) is 3.93. The van der Waals surface area contributed by atoms with Gasteiger partial charge in [0.2, 0.25) is 5.78 Å². The Bertz CT molecular complexity index is 1020. The van der Waals surface area contributed by atoms with Gasteiger partial charge in [-0.3, -0.25) is 9.59 Å². The minimum absolute atomic E-state index is 0.0630. The van der Waals surface area contributed by atoms with Crippen LogP contribution in [0.5, 0.6) is 0 Å². The maximum atomic E-state index is 13.3. The number of fused-ring (bicyclic) bond motifs is 1. The van der Waals surface area contributed by atoms with E-state index in [1.807, 2.05) is 0 Å². The lowest BCUT2D eigenvalue weighted by atomic mass is 9.91. The maximum Gasteiger partial charge on any atom is 0.280 e. The summed E-state index contributed by atoms with van der Waals surface area (Å²) in [5.74, 6) is -0.263. The van der Waals surface area contributed by atoms with E-state index in [1.165, 1.54) is 18.5 Å². The molecular formula is C19H18F2N4O3. The lowest BCUT2D eigenvalue weighted by Crippen LogP contribution is -2.40. The summed E-state index contributed by atoms with van der Waals surface area (Å²) >= 11 is 0. The van der Waals surface area contributed by atoms with Gasteiger partial charge in [0.25, 0.3) is 12.3 Å². The molecule has 9 heteroatoms. The first-order valence-electron chi connectivity index (χ1n) is 8.96. The molecule has 3 aromatic heterocycles. The highest BCUT2D eigenvalue weighted by atomic mass is 19.3. The van der Waals surface area contributed by atoms with Crippen LogP contribution in [0, 0.1) is 12.8 Å². The van der Waals surface area contributed by atoms with Crippen molar-refractivity contribution in [3.8, 4) is 0 Å². The highest BCUT2D eigenvalue weighted by molar-refractivity contribution is 6.00. The summed E-state index contributed by atoms with van der Waals surface area (Å²) < 4.78 is 32.7. The number of Topliss-reactive ketones (excluding diaryl/α,β-unsaturated/α-hetero) is 1. The van der Waals surface area contributed by atoms with Crippen LogP contribution in [-0.4, -0.2) is 44.3 Å². The highest BCUT2D eigenvalue weighted by Crippen LogP contribution is 2.25. The quantitative estimate of drug-likeness (QED) is 0.641. The molecule has 0 aromatic carbocycles. The van der Waals surface area contributed by atoms with Crippen LogP contribution in [0.3, 0.4) is 0 Å². The number of furan rings is 1. The van der Waals surface area contributed by atoms with Gasteiger partial charge < -0.3 is 9.32 Å². The van der Waals surface area contributed by atoms with Gasteiger partial charge in [-0.1, -0.05) is 0 Å². The number of likely N-dealkylation sites (tertiary alicyclic amines) is 1. The SMILES string of the molecule is Cc1cc(C(F)F)n2ncc(C(=O)N3CCC(C(=O)c4ccco4)CC3)c2n1. The molecule has 0 aliphatic carbocycles. The second kappa shape index (κ2) is 7.14. The third-order valence-electron chi connectivity index (χ3n) is 5.00. The zero-order valence-corrected chi connectivity index (χ0v) is 15.1. The van der Waals surface area contributed by atoms with Crippen LogP contribution >= 0.6 is 0 Å². The van der Waals surface area contributed by atoms with Crippen molar-refractivity contribution in [1.29, 1.82) is 0 Å². The Morgan fingerprint density at radius 3 is 2.68 bits per heavy atom. The van der Waals surface area contributed by atoms with Gasteiger partial charge in [-0.25, -0.2) is 18.3 Å². The first kappa shape index (κ1) is 18.3. The molecule has 1 amide bonds. The molecule has 3 aromatic rings. The van der Waals surface area contributed by atoms with Crippen LogP contribution in [0.4, 0.5) is 8.78 Å². The zero-order valence-electron chi connectivity index (χ0n) is 15.1. The third-order valence-corrected chi connectivity index (χ3v) is 5.00. The lowest BCUT2D eigenvalue weighted by molar-refractivity contribution is 0.0644. The normalized spacial score (nSPS) is 15.5. The number of alkyl halides is 2. The number of rotatable bonds is 4. The van der Waals surface area contributed by atoms with Crippen molar-refractivity contribution in [1.82, 2.24) is 19.5 Å². The van der Waals surface area contributed by atoms with Gasteiger partial charge in [-0.15, -0.1) is 0 Å². The fraction of sp³-hybridized carbons (Fsp3) is 0.368. The maximum absolute atomic E-state index is 13.3. The van der Waals surface area contributed by atoms with Crippen LogP contribution in [0.15, 0.2) is 35.1 Å². The standard InChI is InChI=1S/C19H18F2N4O3/c1-11-9-14(17(20)21)25-18(23-11)13(10-22-25)19(27)24-6-4-12(5-7-24)16(26)15-3-2-8-28-15/h2-3,8-10,12,17H,4-7H2,1H3. The van der Waals surface area contributed by atoms with Gasteiger partial charge >= 0.3 is 0 Å². The van der Waals surface area contributed by atoms with Crippen LogP contribution < -0.4 is 0 Å². The number of carbonyl (C=O) groups is 2. The van der Waals surface area contributed by atoms with Gasteiger partial charge in [-0.2, -0.15) is 5.10 Å². The van der Waals surface area contributed by atoms with Gasteiger partial charge in [0.05, 0.1) is 12.5 Å². The minimum atomic E-state index is -2.73. The summed E-state index contributed by atoms with van der Waals surface area (Å²) in [6, 6.07) is 4.55. The molecule has 146 valence electrons. The van der Waals surface area contributed by atoms with E-state index in [1.54, 1.807) is 24.0 Å². The molecule has 1 aliphatic heterocycles. The van der Waals surface area contributed by atoms with E-state index in [9.17, 15) is 18.4 Å².